The van der Waals surface area contributed by atoms with Crippen LogP contribution in [0.1, 0.15) is 25.7 Å². The minimum absolute atomic E-state index is 0.0984. The van der Waals surface area contributed by atoms with E-state index in [-0.39, 0.29) is 6.10 Å². The average molecular weight is 177 g/mol. The summed E-state index contributed by atoms with van der Waals surface area (Å²) in [5.41, 5.74) is 0. The lowest BCUT2D eigenvalue weighted by Gasteiger charge is -2.19. The summed E-state index contributed by atoms with van der Waals surface area (Å²) in [6, 6.07) is 0. The SMILES string of the molecule is CS(=O)(=O)OC1C[CH]CCC1. The lowest BCUT2D eigenvalue weighted by atomic mass is 9.98. The highest BCUT2D eigenvalue weighted by atomic mass is 32.2. The summed E-state index contributed by atoms with van der Waals surface area (Å²) in [5, 5.41) is 0. The van der Waals surface area contributed by atoms with Crippen molar-refractivity contribution in [3.8, 4) is 0 Å². The Morgan fingerprint density at radius 1 is 1.55 bits per heavy atom. The molecule has 1 radical (unpaired) electrons. The first-order valence-corrected chi connectivity index (χ1v) is 5.59. The second-order valence-corrected chi connectivity index (χ2v) is 4.48. The Balaban J connectivity index is 2.36. The summed E-state index contributed by atoms with van der Waals surface area (Å²) in [4.78, 5) is 0. The van der Waals surface area contributed by atoms with Crippen LogP contribution in [0.4, 0.5) is 0 Å². The average Bonchev–Trinajstić information content (AvgIpc) is 1.85. The van der Waals surface area contributed by atoms with E-state index >= 15 is 0 Å². The van der Waals surface area contributed by atoms with Crippen LogP contribution in [0.25, 0.3) is 0 Å². The fourth-order valence-corrected chi connectivity index (χ4v) is 1.92. The van der Waals surface area contributed by atoms with Gasteiger partial charge >= 0.3 is 0 Å². The highest BCUT2D eigenvalue weighted by molar-refractivity contribution is 7.86. The third-order valence-electron chi connectivity index (χ3n) is 1.67. The Labute approximate surface area is 67.9 Å². The van der Waals surface area contributed by atoms with E-state index in [0.29, 0.717) is 0 Å². The largest absolute Gasteiger partial charge is 0.267 e. The van der Waals surface area contributed by atoms with Gasteiger partial charge in [-0.25, -0.2) is 0 Å². The highest BCUT2D eigenvalue weighted by Gasteiger charge is 2.18. The van der Waals surface area contributed by atoms with Gasteiger partial charge in [-0.15, -0.1) is 0 Å². The van der Waals surface area contributed by atoms with E-state index in [1.165, 1.54) is 0 Å². The van der Waals surface area contributed by atoms with E-state index in [0.717, 1.165) is 31.9 Å². The fraction of sp³-hybridized carbons (Fsp3) is 0.857. The first kappa shape index (κ1) is 9.00. The molecule has 1 aliphatic carbocycles. The molecule has 11 heavy (non-hydrogen) atoms. The summed E-state index contributed by atoms with van der Waals surface area (Å²) in [6.45, 7) is 0. The third-order valence-corrected chi connectivity index (χ3v) is 2.30. The van der Waals surface area contributed by atoms with Crippen LogP contribution in [0.3, 0.4) is 0 Å². The molecule has 0 aromatic heterocycles. The minimum Gasteiger partial charge on any atom is -0.267 e. The zero-order valence-electron chi connectivity index (χ0n) is 6.62. The van der Waals surface area contributed by atoms with E-state index in [2.05, 4.69) is 6.42 Å². The molecule has 0 aliphatic heterocycles. The van der Waals surface area contributed by atoms with Crippen LogP contribution in [0.5, 0.6) is 0 Å². The molecule has 0 amide bonds. The first-order chi connectivity index (χ1) is 5.08. The van der Waals surface area contributed by atoms with Crippen molar-refractivity contribution in [1.82, 2.24) is 0 Å². The van der Waals surface area contributed by atoms with Crippen LogP contribution in [-0.2, 0) is 14.3 Å². The molecule has 0 aromatic carbocycles. The van der Waals surface area contributed by atoms with E-state index < -0.39 is 10.1 Å². The molecule has 1 saturated carbocycles. The molecule has 1 unspecified atom stereocenters. The summed E-state index contributed by atoms with van der Waals surface area (Å²) >= 11 is 0. The van der Waals surface area contributed by atoms with Gasteiger partial charge in [-0.05, 0) is 25.7 Å². The molecule has 1 rings (SSSR count). The molecule has 4 heteroatoms. The summed E-state index contributed by atoms with van der Waals surface area (Å²) in [6.07, 6.45) is 6.85. The normalized spacial score (nSPS) is 21.9. The van der Waals surface area contributed by atoms with Gasteiger partial charge in [-0.2, -0.15) is 8.42 Å². The third kappa shape index (κ3) is 3.72. The van der Waals surface area contributed by atoms with Crippen molar-refractivity contribution in [2.75, 3.05) is 6.26 Å². The van der Waals surface area contributed by atoms with Crippen molar-refractivity contribution >= 4 is 10.1 Å². The Morgan fingerprint density at radius 3 is 2.73 bits per heavy atom. The lowest BCUT2D eigenvalue weighted by Crippen LogP contribution is -2.20. The molecule has 0 aromatic rings. The number of rotatable bonds is 2. The molecule has 0 saturated heterocycles. The molecular weight excluding hydrogens is 164 g/mol. The molecule has 1 fully saturated rings. The predicted octanol–water partition coefficient (Wildman–Crippen LogP) is 1.11. The Kier molecular flexibility index (Phi) is 2.90. The zero-order chi connectivity index (χ0) is 8.32. The van der Waals surface area contributed by atoms with E-state index in [9.17, 15) is 8.42 Å². The van der Waals surface area contributed by atoms with Crippen LogP contribution in [0.2, 0.25) is 0 Å². The first-order valence-electron chi connectivity index (χ1n) is 3.78. The van der Waals surface area contributed by atoms with Crippen LogP contribution in [0, 0.1) is 6.42 Å². The molecule has 3 nitrogen and oxygen atoms in total. The van der Waals surface area contributed by atoms with Crippen molar-refractivity contribution in [3.63, 3.8) is 0 Å². The van der Waals surface area contributed by atoms with E-state index in [1.807, 2.05) is 0 Å². The molecule has 0 spiro atoms. The van der Waals surface area contributed by atoms with Gasteiger partial charge in [-0.1, -0.05) is 6.42 Å². The van der Waals surface area contributed by atoms with Crippen LogP contribution < -0.4 is 0 Å². The van der Waals surface area contributed by atoms with Crippen molar-refractivity contribution in [2.45, 2.75) is 31.8 Å². The maximum Gasteiger partial charge on any atom is 0.264 e. The number of hydrogen-bond donors (Lipinski definition) is 0. The fourth-order valence-electron chi connectivity index (χ4n) is 1.25. The van der Waals surface area contributed by atoms with Gasteiger partial charge in [-0.3, -0.25) is 4.18 Å². The Hall–Kier alpha value is -0.0900. The second kappa shape index (κ2) is 3.54. The van der Waals surface area contributed by atoms with Crippen molar-refractivity contribution in [3.05, 3.63) is 6.42 Å². The zero-order valence-corrected chi connectivity index (χ0v) is 7.43. The summed E-state index contributed by atoms with van der Waals surface area (Å²) in [5.74, 6) is 0. The van der Waals surface area contributed by atoms with Gasteiger partial charge in [0.1, 0.15) is 0 Å². The smallest absolute Gasteiger partial charge is 0.264 e. The topological polar surface area (TPSA) is 43.4 Å². The second-order valence-electron chi connectivity index (χ2n) is 2.88. The Bertz CT molecular complexity index is 202. The minimum atomic E-state index is -3.24. The van der Waals surface area contributed by atoms with Crippen LogP contribution in [-0.4, -0.2) is 20.8 Å². The molecule has 0 bridgehead atoms. The van der Waals surface area contributed by atoms with Crippen LogP contribution in [0.15, 0.2) is 0 Å². The van der Waals surface area contributed by atoms with Gasteiger partial charge in [0.2, 0.25) is 0 Å². The lowest BCUT2D eigenvalue weighted by molar-refractivity contribution is 0.183. The summed E-state index contributed by atoms with van der Waals surface area (Å²) < 4.78 is 26.1. The van der Waals surface area contributed by atoms with E-state index in [1.54, 1.807) is 0 Å². The van der Waals surface area contributed by atoms with Crippen molar-refractivity contribution in [1.29, 1.82) is 0 Å². The molecule has 0 N–H and O–H groups in total. The highest BCUT2D eigenvalue weighted by Crippen LogP contribution is 2.20. The monoisotopic (exact) mass is 177 g/mol. The van der Waals surface area contributed by atoms with E-state index in [4.69, 9.17) is 4.18 Å². The van der Waals surface area contributed by atoms with Crippen molar-refractivity contribution in [2.24, 2.45) is 0 Å². The van der Waals surface area contributed by atoms with Gasteiger partial charge in [0.05, 0.1) is 12.4 Å². The predicted molar refractivity (Wildman–Crippen MR) is 42.5 cm³/mol. The molecule has 0 heterocycles. The van der Waals surface area contributed by atoms with Gasteiger partial charge in [0, 0.05) is 0 Å². The molecular formula is C7H13O3S. The molecule has 1 atom stereocenters. The maximum atomic E-state index is 10.7. The number of hydrogen-bond acceptors (Lipinski definition) is 3. The van der Waals surface area contributed by atoms with Gasteiger partial charge < -0.3 is 0 Å². The molecule has 65 valence electrons. The quantitative estimate of drug-likeness (QED) is 0.593. The Morgan fingerprint density at radius 2 is 2.27 bits per heavy atom. The maximum absolute atomic E-state index is 10.7. The standard InChI is InChI=1S/C7H13O3S/c1-11(8,9)10-7-5-3-2-4-6-7/h3,7H,2,4-6H2,1H3. The van der Waals surface area contributed by atoms with Crippen LogP contribution >= 0.6 is 0 Å². The summed E-state index contributed by atoms with van der Waals surface area (Å²) in [7, 11) is -3.24. The molecule has 1 aliphatic rings. The van der Waals surface area contributed by atoms with Crippen molar-refractivity contribution < 1.29 is 12.6 Å². The van der Waals surface area contributed by atoms with Gasteiger partial charge in [0.25, 0.3) is 10.1 Å². The van der Waals surface area contributed by atoms with Gasteiger partial charge in [0.15, 0.2) is 0 Å².